The van der Waals surface area contributed by atoms with Gasteiger partial charge in [0.1, 0.15) is 5.82 Å². The van der Waals surface area contributed by atoms with E-state index in [1.54, 1.807) is 6.07 Å². The van der Waals surface area contributed by atoms with Crippen molar-refractivity contribution in [3.63, 3.8) is 0 Å². The summed E-state index contributed by atoms with van der Waals surface area (Å²) in [5.74, 6) is 1.15. The maximum Gasteiger partial charge on any atom is 0.317 e. The Morgan fingerprint density at radius 1 is 1.09 bits per heavy atom. The summed E-state index contributed by atoms with van der Waals surface area (Å²) >= 11 is 6.02. The van der Waals surface area contributed by atoms with Crippen LogP contribution in [0.2, 0.25) is 5.02 Å². The second kappa shape index (κ2) is 8.92. The largest absolute Gasteiger partial charge is 0.331 e. The fourth-order valence-electron chi connectivity index (χ4n) is 4.33. The van der Waals surface area contributed by atoms with Crippen LogP contribution in [0.4, 0.5) is 4.79 Å². The molecule has 0 spiro atoms. The van der Waals surface area contributed by atoms with Crippen molar-refractivity contribution in [2.75, 3.05) is 26.2 Å². The van der Waals surface area contributed by atoms with Gasteiger partial charge in [-0.2, -0.15) is 0 Å². The van der Waals surface area contributed by atoms with Crippen LogP contribution < -0.4 is 10.9 Å². The van der Waals surface area contributed by atoms with Crippen molar-refractivity contribution < 1.29 is 4.79 Å². The van der Waals surface area contributed by atoms with Gasteiger partial charge in [-0.25, -0.2) is 9.78 Å². The Kier molecular flexibility index (Phi) is 5.85. The van der Waals surface area contributed by atoms with Crippen LogP contribution in [0.15, 0.2) is 53.3 Å². The molecule has 2 amide bonds. The molecule has 1 aliphatic carbocycles. The summed E-state index contributed by atoms with van der Waals surface area (Å²) in [6.45, 7) is 3.31. The number of para-hydroxylation sites is 1. The summed E-state index contributed by atoms with van der Waals surface area (Å²) in [6.07, 6.45) is 2.27. The van der Waals surface area contributed by atoms with E-state index in [2.05, 4.69) is 20.2 Å². The molecule has 8 heteroatoms. The number of carbonyl (C=O) groups is 1. The maximum absolute atomic E-state index is 12.9. The van der Waals surface area contributed by atoms with Gasteiger partial charge in [-0.05, 0) is 48.6 Å². The third kappa shape index (κ3) is 4.64. The fourth-order valence-corrected chi connectivity index (χ4v) is 4.45. The molecule has 1 aromatic heterocycles. The zero-order valence-electron chi connectivity index (χ0n) is 17.8. The van der Waals surface area contributed by atoms with Crippen molar-refractivity contribution in [3.8, 4) is 0 Å². The molecule has 3 aromatic rings. The van der Waals surface area contributed by atoms with Gasteiger partial charge in [-0.15, -0.1) is 0 Å². The smallest absolute Gasteiger partial charge is 0.317 e. The molecule has 2 N–H and O–H groups in total. The average molecular weight is 452 g/mol. The number of nitrogens with zero attached hydrogens (tertiary/aromatic N) is 3. The summed E-state index contributed by atoms with van der Waals surface area (Å²) in [4.78, 5) is 36.8. The number of amides is 2. The highest BCUT2D eigenvalue weighted by Crippen LogP contribution is 2.41. The van der Waals surface area contributed by atoms with E-state index in [1.807, 2.05) is 47.4 Å². The van der Waals surface area contributed by atoms with E-state index in [9.17, 15) is 9.59 Å². The topological polar surface area (TPSA) is 81.3 Å². The molecule has 5 rings (SSSR count). The number of aromatic amines is 1. The molecular formula is C24H26ClN5O2. The zero-order chi connectivity index (χ0) is 22.1. The number of piperazine rings is 1. The summed E-state index contributed by atoms with van der Waals surface area (Å²) in [5.41, 5.74) is 1.70. The normalized spacial score (nSPS) is 18.0. The van der Waals surface area contributed by atoms with Gasteiger partial charge >= 0.3 is 6.03 Å². The number of fused-ring (bicyclic) bond motifs is 1. The second-order valence-electron chi connectivity index (χ2n) is 8.61. The summed E-state index contributed by atoms with van der Waals surface area (Å²) in [5, 5.41) is 4.54. The Morgan fingerprint density at radius 2 is 1.81 bits per heavy atom. The van der Waals surface area contributed by atoms with E-state index in [1.165, 1.54) is 0 Å². The highest BCUT2D eigenvalue weighted by atomic mass is 35.5. The Balaban J connectivity index is 1.18. The predicted octanol–water partition coefficient (Wildman–Crippen LogP) is 3.56. The van der Waals surface area contributed by atoms with E-state index < -0.39 is 0 Å². The van der Waals surface area contributed by atoms with Crippen molar-refractivity contribution in [1.82, 2.24) is 25.1 Å². The minimum Gasteiger partial charge on any atom is -0.331 e. The minimum absolute atomic E-state index is 0.0197. The van der Waals surface area contributed by atoms with E-state index >= 15 is 0 Å². The average Bonchev–Trinajstić information content (AvgIpc) is 3.64. The fraction of sp³-hybridized carbons (Fsp3) is 0.375. The molecule has 0 bridgehead atoms. The van der Waals surface area contributed by atoms with Crippen molar-refractivity contribution in [2.24, 2.45) is 5.92 Å². The van der Waals surface area contributed by atoms with Crippen LogP contribution >= 0.6 is 11.6 Å². The first-order chi connectivity index (χ1) is 15.6. The molecule has 32 heavy (non-hydrogen) atoms. The van der Waals surface area contributed by atoms with Gasteiger partial charge in [0.15, 0.2) is 0 Å². The number of nitrogens with one attached hydrogen (secondary N) is 2. The summed E-state index contributed by atoms with van der Waals surface area (Å²) in [7, 11) is 0. The molecule has 166 valence electrons. The van der Waals surface area contributed by atoms with Crippen LogP contribution in [0.5, 0.6) is 0 Å². The number of benzene rings is 2. The van der Waals surface area contributed by atoms with E-state index in [4.69, 9.17) is 11.6 Å². The molecule has 1 atom stereocenters. The van der Waals surface area contributed by atoms with Crippen LogP contribution in [0.1, 0.15) is 30.3 Å². The van der Waals surface area contributed by atoms with Crippen molar-refractivity contribution in [1.29, 1.82) is 0 Å². The Morgan fingerprint density at radius 3 is 2.53 bits per heavy atom. The number of urea groups is 1. The van der Waals surface area contributed by atoms with Crippen molar-refractivity contribution in [2.45, 2.75) is 25.4 Å². The van der Waals surface area contributed by atoms with Crippen molar-refractivity contribution >= 4 is 28.5 Å². The van der Waals surface area contributed by atoms with Gasteiger partial charge in [-0.1, -0.05) is 35.9 Å². The van der Waals surface area contributed by atoms with E-state index in [0.717, 1.165) is 31.5 Å². The maximum atomic E-state index is 12.9. The van der Waals surface area contributed by atoms with Gasteiger partial charge < -0.3 is 15.2 Å². The lowest BCUT2D eigenvalue weighted by Gasteiger charge is -2.35. The van der Waals surface area contributed by atoms with Crippen LogP contribution in [0.3, 0.4) is 0 Å². The molecule has 2 aromatic carbocycles. The van der Waals surface area contributed by atoms with Gasteiger partial charge in [0.05, 0.1) is 23.5 Å². The third-order valence-electron chi connectivity index (χ3n) is 6.30. The molecule has 2 fully saturated rings. The van der Waals surface area contributed by atoms with E-state index in [-0.39, 0.29) is 17.6 Å². The van der Waals surface area contributed by atoms with Gasteiger partial charge in [0.2, 0.25) is 0 Å². The molecule has 7 nitrogen and oxygen atoms in total. The lowest BCUT2D eigenvalue weighted by molar-refractivity contribution is 0.131. The number of hydrogen-bond acceptors (Lipinski definition) is 4. The lowest BCUT2D eigenvalue weighted by Crippen LogP contribution is -2.52. The van der Waals surface area contributed by atoms with Gasteiger partial charge in [0, 0.05) is 31.2 Å². The summed E-state index contributed by atoms with van der Waals surface area (Å²) < 4.78 is 0. The quantitative estimate of drug-likeness (QED) is 0.621. The summed E-state index contributed by atoms with van der Waals surface area (Å²) in [6, 6.07) is 15.1. The Labute approximate surface area is 191 Å². The predicted molar refractivity (Wildman–Crippen MR) is 125 cm³/mol. The molecule has 1 saturated heterocycles. The SMILES string of the molecule is O=C(NC(c1ccc(Cl)cc1)C1CC1)N1CCN(Cc2nc3ccccc3c(=O)[nH]2)CC1. The zero-order valence-corrected chi connectivity index (χ0v) is 18.5. The number of carbonyl (C=O) groups excluding carboxylic acids is 1. The molecule has 2 heterocycles. The first-order valence-corrected chi connectivity index (χ1v) is 11.5. The number of halogens is 1. The van der Waals surface area contributed by atoms with Crippen molar-refractivity contribution in [3.05, 3.63) is 75.3 Å². The monoisotopic (exact) mass is 451 g/mol. The van der Waals surface area contributed by atoms with E-state index in [0.29, 0.717) is 47.3 Å². The Bertz CT molecular complexity index is 1170. The molecular weight excluding hydrogens is 426 g/mol. The second-order valence-corrected chi connectivity index (χ2v) is 9.05. The highest BCUT2D eigenvalue weighted by molar-refractivity contribution is 6.30. The number of rotatable bonds is 5. The first kappa shape index (κ1) is 21.0. The molecule has 2 aliphatic rings. The van der Waals surface area contributed by atoms with Crippen LogP contribution in [-0.2, 0) is 6.54 Å². The van der Waals surface area contributed by atoms with Crippen LogP contribution in [-0.4, -0.2) is 52.0 Å². The molecule has 1 aliphatic heterocycles. The number of hydrogen-bond donors (Lipinski definition) is 2. The molecule has 1 unspecified atom stereocenters. The van der Waals surface area contributed by atoms with Gasteiger partial charge in [0.25, 0.3) is 5.56 Å². The standard InChI is InChI=1S/C24H26ClN5O2/c25-18-9-7-17(8-10-18)22(16-5-6-16)28-24(32)30-13-11-29(12-14-30)15-21-26-20-4-2-1-3-19(20)23(31)27-21/h1-4,7-10,16,22H,5-6,11-15H2,(H,28,32)(H,26,27,31). The van der Waals surface area contributed by atoms with Gasteiger partial charge in [-0.3, -0.25) is 9.69 Å². The lowest BCUT2D eigenvalue weighted by atomic mass is 10.0. The molecule has 0 radical (unpaired) electrons. The highest BCUT2D eigenvalue weighted by Gasteiger charge is 2.34. The number of H-pyrrole nitrogens is 1. The molecule has 1 saturated carbocycles. The van der Waals surface area contributed by atoms with Crippen LogP contribution in [0, 0.1) is 5.92 Å². The Hall–Kier alpha value is -2.90. The minimum atomic E-state index is -0.114. The van der Waals surface area contributed by atoms with Crippen LogP contribution in [0.25, 0.3) is 10.9 Å². The first-order valence-electron chi connectivity index (χ1n) is 11.1. The third-order valence-corrected chi connectivity index (χ3v) is 6.55. The number of aromatic nitrogens is 2.